The lowest BCUT2D eigenvalue weighted by atomic mass is 10.1. The van der Waals surface area contributed by atoms with Crippen molar-refractivity contribution in [1.82, 2.24) is 25.3 Å². The highest BCUT2D eigenvalue weighted by Crippen LogP contribution is 2.12. The standard InChI is InChI=1S/C19H38N6.HI/c1-7-20-19(21-13-11-9-8-10-12-14-24(4)5)22-15-18-16(2)23-25(6)17(18)3;/h7-15H2,1-6H3,(H2,20,21,22);1H. The molecule has 0 aliphatic heterocycles. The minimum Gasteiger partial charge on any atom is -0.357 e. The molecule has 0 spiro atoms. The van der Waals surface area contributed by atoms with Gasteiger partial charge < -0.3 is 15.5 Å². The van der Waals surface area contributed by atoms with Crippen LogP contribution in [0.2, 0.25) is 0 Å². The van der Waals surface area contributed by atoms with E-state index in [4.69, 9.17) is 4.99 Å². The van der Waals surface area contributed by atoms with Crippen LogP contribution in [0.5, 0.6) is 0 Å². The third-order valence-corrected chi connectivity index (χ3v) is 4.47. The Morgan fingerprint density at radius 1 is 1.08 bits per heavy atom. The quantitative estimate of drug-likeness (QED) is 0.222. The van der Waals surface area contributed by atoms with Gasteiger partial charge in [0.25, 0.3) is 0 Å². The lowest BCUT2D eigenvalue weighted by molar-refractivity contribution is 0.389. The average molecular weight is 478 g/mol. The zero-order chi connectivity index (χ0) is 18.7. The van der Waals surface area contributed by atoms with Crippen LogP contribution in [0.25, 0.3) is 0 Å². The molecule has 0 aliphatic rings. The number of hydrogen-bond donors (Lipinski definition) is 2. The Balaban J connectivity index is 0.00000625. The molecule has 6 nitrogen and oxygen atoms in total. The molecule has 0 aliphatic carbocycles. The molecule has 0 amide bonds. The minimum atomic E-state index is 0. The summed E-state index contributed by atoms with van der Waals surface area (Å²) < 4.78 is 1.93. The molecule has 0 bridgehead atoms. The summed E-state index contributed by atoms with van der Waals surface area (Å²) >= 11 is 0. The van der Waals surface area contributed by atoms with Gasteiger partial charge in [0, 0.05) is 31.4 Å². The van der Waals surface area contributed by atoms with E-state index in [-0.39, 0.29) is 24.0 Å². The van der Waals surface area contributed by atoms with Crippen LogP contribution >= 0.6 is 24.0 Å². The lowest BCUT2D eigenvalue weighted by Gasteiger charge is -2.12. The number of hydrogen-bond acceptors (Lipinski definition) is 3. The van der Waals surface area contributed by atoms with E-state index in [2.05, 4.69) is 55.5 Å². The number of nitrogens with zero attached hydrogens (tertiary/aromatic N) is 4. The van der Waals surface area contributed by atoms with Crippen LogP contribution < -0.4 is 10.6 Å². The van der Waals surface area contributed by atoms with Gasteiger partial charge in [0.05, 0.1) is 12.2 Å². The first-order chi connectivity index (χ1) is 12.0. The second kappa shape index (κ2) is 14.3. The van der Waals surface area contributed by atoms with Gasteiger partial charge >= 0.3 is 0 Å². The van der Waals surface area contributed by atoms with Gasteiger partial charge in [-0.3, -0.25) is 4.68 Å². The van der Waals surface area contributed by atoms with Crippen molar-refractivity contribution in [1.29, 1.82) is 0 Å². The van der Waals surface area contributed by atoms with Gasteiger partial charge in [-0.25, -0.2) is 4.99 Å². The smallest absolute Gasteiger partial charge is 0.191 e. The molecule has 0 saturated carbocycles. The van der Waals surface area contributed by atoms with Crippen molar-refractivity contribution in [3.8, 4) is 0 Å². The average Bonchev–Trinajstić information content (AvgIpc) is 2.80. The number of unbranched alkanes of at least 4 members (excludes halogenated alkanes) is 4. The summed E-state index contributed by atoms with van der Waals surface area (Å²) in [5.41, 5.74) is 3.48. The predicted octanol–water partition coefficient (Wildman–Crippen LogP) is 3.22. The van der Waals surface area contributed by atoms with E-state index < -0.39 is 0 Å². The normalized spacial score (nSPS) is 11.6. The van der Waals surface area contributed by atoms with Crippen molar-refractivity contribution in [2.75, 3.05) is 33.7 Å². The van der Waals surface area contributed by atoms with Gasteiger partial charge in [0.1, 0.15) is 0 Å². The third-order valence-electron chi connectivity index (χ3n) is 4.47. The van der Waals surface area contributed by atoms with Crippen LogP contribution in [0.4, 0.5) is 0 Å². The molecule has 26 heavy (non-hydrogen) atoms. The van der Waals surface area contributed by atoms with Crippen LogP contribution in [0.3, 0.4) is 0 Å². The Morgan fingerprint density at radius 2 is 1.73 bits per heavy atom. The Kier molecular flexibility index (Phi) is 13.8. The molecule has 0 radical (unpaired) electrons. The second-order valence-corrected chi connectivity index (χ2v) is 6.97. The highest BCUT2D eigenvalue weighted by molar-refractivity contribution is 14.0. The van der Waals surface area contributed by atoms with Crippen molar-refractivity contribution < 1.29 is 0 Å². The number of aryl methyl sites for hydroxylation is 2. The van der Waals surface area contributed by atoms with Crippen molar-refractivity contribution in [2.24, 2.45) is 12.0 Å². The van der Waals surface area contributed by atoms with Gasteiger partial charge in [-0.15, -0.1) is 24.0 Å². The maximum absolute atomic E-state index is 4.72. The van der Waals surface area contributed by atoms with Gasteiger partial charge in [-0.05, 0) is 54.3 Å². The fourth-order valence-electron chi connectivity index (χ4n) is 2.84. The van der Waals surface area contributed by atoms with Crippen molar-refractivity contribution in [2.45, 2.75) is 59.4 Å². The van der Waals surface area contributed by atoms with E-state index in [9.17, 15) is 0 Å². The van der Waals surface area contributed by atoms with Gasteiger partial charge in [-0.1, -0.05) is 19.3 Å². The molecule has 0 unspecified atom stereocenters. The van der Waals surface area contributed by atoms with Crippen molar-refractivity contribution in [3.63, 3.8) is 0 Å². The maximum Gasteiger partial charge on any atom is 0.191 e. The van der Waals surface area contributed by atoms with Gasteiger partial charge in [0.2, 0.25) is 0 Å². The largest absolute Gasteiger partial charge is 0.357 e. The maximum atomic E-state index is 4.72. The van der Waals surface area contributed by atoms with Crippen molar-refractivity contribution >= 4 is 29.9 Å². The first-order valence-electron chi connectivity index (χ1n) is 9.61. The van der Waals surface area contributed by atoms with Crippen LogP contribution in [-0.4, -0.2) is 54.4 Å². The molecule has 1 rings (SSSR count). The van der Waals surface area contributed by atoms with Crippen molar-refractivity contribution in [3.05, 3.63) is 17.0 Å². The Labute approximate surface area is 177 Å². The summed E-state index contributed by atoms with van der Waals surface area (Å²) in [6, 6.07) is 0. The van der Waals surface area contributed by atoms with Crippen LogP contribution in [0.1, 0.15) is 56.0 Å². The molecule has 0 fully saturated rings. The summed E-state index contributed by atoms with van der Waals surface area (Å²) in [6.07, 6.45) is 6.41. The SMILES string of the molecule is CCNC(=NCc1c(C)nn(C)c1C)NCCCCCCCN(C)C.I. The zero-order valence-corrected chi connectivity index (χ0v) is 19.9. The van der Waals surface area contributed by atoms with Gasteiger partial charge in [-0.2, -0.15) is 5.10 Å². The topological polar surface area (TPSA) is 57.5 Å². The van der Waals surface area contributed by atoms with Crippen LogP contribution in [0, 0.1) is 13.8 Å². The first-order valence-corrected chi connectivity index (χ1v) is 9.61. The third kappa shape index (κ3) is 9.75. The van der Waals surface area contributed by atoms with E-state index >= 15 is 0 Å². The molecule has 1 aromatic heterocycles. The molecule has 0 aromatic carbocycles. The van der Waals surface area contributed by atoms with E-state index in [1.165, 1.54) is 49.9 Å². The number of nitrogens with one attached hydrogen (secondary N) is 2. The predicted molar refractivity (Wildman–Crippen MR) is 123 cm³/mol. The second-order valence-electron chi connectivity index (χ2n) is 6.97. The van der Waals surface area contributed by atoms with Crippen LogP contribution in [0.15, 0.2) is 4.99 Å². The number of guanidine groups is 1. The van der Waals surface area contributed by atoms with E-state index in [0.717, 1.165) is 24.7 Å². The van der Waals surface area contributed by atoms with E-state index in [0.29, 0.717) is 6.54 Å². The molecule has 1 heterocycles. The summed E-state index contributed by atoms with van der Waals surface area (Å²) in [6.45, 7) is 9.97. The summed E-state index contributed by atoms with van der Waals surface area (Å²) in [5.74, 6) is 0.901. The number of rotatable bonds is 11. The van der Waals surface area contributed by atoms with Crippen LogP contribution in [-0.2, 0) is 13.6 Å². The van der Waals surface area contributed by atoms with Gasteiger partial charge in [0.15, 0.2) is 5.96 Å². The molecular weight excluding hydrogens is 439 g/mol. The number of aromatic nitrogens is 2. The minimum absolute atomic E-state index is 0. The zero-order valence-electron chi connectivity index (χ0n) is 17.6. The highest BCUT2D eigenvalue weighted by Gasteiger charge is 2.08. The molecule has 1 aromatic rings. The summed E-state index contributed by atoms with van der Waals surface area (Å²) in [5, 5.41) is 11.2. The fourth-order valence-corrected chi connectivity index (χ4v) is 2.84. The Morgan fingerprint density at radius 3 is 2.31 bits per heavy atom. The fraction of sp³-hybridized carbons (Fsp3) is 0.789. The molecular formula is C19H39IN6. The monoisotopic (exact) mass is 478 g/mol. The number of halogens is 1. The summed E-state index contributed by atoms with van der Waals surface area (Å²) in [4.78, 5) is 6.98. The summed E-state index contributed by atoms with van der Waals surface area (Å²) in [7, 11) is 6.26. The Bertz CT molecular complexity index is 524. The van der Waals surface area contributed by atoms with E-state index in [1.807, 2.05) is 11.7 Å². The molecule has 0 atom stereocenters. The molecule has 0 saturated heterocycles. The molecule has 7 heteroatoms. The Hall–Kier alpha value is -0.830. The lowest BCUT2D eigenvalue weighted by Crippen LogP contribution is -2.37. The van der Waals surface area contributed by atoms with E-state index in [1.54, 1.807) is 0 Å². The number of aliphatic imine (C=N–C) groups is 1. The highest BCUT2D eigenvalue weighted by atomic mass is 127. The molecule has 2 N–H and O–H groups in total. The molecule has 152 valence electrons. The first kappa shape index (κ1) is 25.2.